The summed E-state index contributed by atoms with van der Waals surface area (Å²) in [5.74, 6) is -3.39. The van der Waals surface area contributed by atoms with Crippen LogP contribution in [0.3, 0.4) is 0 Å². The highest BCUT2D eigenvalue weighted by Gasteiger charge is 2.46. The van der Waals surface area contributed by atoms with Crippen LogP contribution in [0.4, 0.5) is 27.8 Å². The predicted octanol–water partition coefficient (Wildman–Crippen LogP) is 3.36. The fraction of sp³-hybridized carbons (Fsp3) is 0.556. The first-order valence-electron chi connectivity index (χ1n) is 4.91. The molecule has 1 saturated carbocycles. The van der Waals surface area contributed by atoms with E-state index in [9.17, 15) is 22.0 Å². The Morgan fingerprint density at radius 2 is 1.94 bits per heavy atom. The van der Waals surface area contributed by atoms with Gasteiger partial charge in [0.2, 0.25) is 5.28 Å². The summed E-state index contributed by atoms with van der Waals surface area (Å²) in [6.45, 7) is 0. The number of hydrogen-bond donors (Lipinski definition) is 1. The van der Waals surface area contributed by atoms with Gasteiger partial charge in [-0.25, -0.2) is 18.7 Å². The zero-order valence-electron chi connectivity index (χ0n) is 8.73. The monoisotopic (exact) mass is 287 g/mol. The lowest BCUT2D eigenvalue weighted by Gasteiger charge is -2.36. The predicted molar refractivity (Wildman–Crippen MR) is 53.6 cm³/mol. The van der Waals surface area contributed by atoms with Gasteiger partial charge in [-0.05, 0) is 11.6 Å². The van der Waals surface area contributed by atoms with Crippen molar-refractivity contribution in [3.8, 4) is 0 Å². The van der Waals surface area contributed by atoms with Gasteiger partial charge in [-0.2, -0.15) is 13.2 Å². The molecule has 0 amide bonds. The third kappa shape index (κ3) is 2.80. The molecule has 1 aromatic rings. The maximum Gasteiger partial charge on any atom is 0.421 e. The Kier molecular flexibility index (Phi) is 3.08. The van der Waals surface area contributed by atoms with Crippen LogP contribution < -0.4 is 5.32 Å². The van der Waals surface area contributed by atoms with Gasteiger partial charge in [-0.3, -0.25) is 0 Å². The topological polar surface area (TPSA) is 37.8 Å². The second kappa shape index (κ2) is 4.18. The number of nitrogens with zero attached hydrogens (tertiary/aromatic N) is 2. The SMILES string of the molecule is FC1(F)CC(Nc2nc(Cl)ncc2C(F)(F)F)C1. The zero-order chi connectivity index (χ0) is 13.6. The lowest BCUT2D eigenvalue weighted by molar-refractivity contribution is -0.137. The molecule has 100 valence electrons. The van der Waals surface area contributed by atoms with Crippen LogP contribution in [0.15, 0.2) is 6.20 Å². The average molecular weight is 288 g/mol. The highest BCUT2D eigenvalue weighted by molar-refractivity contribution is 6.28. The van der Waals surface area contributed by atoms with Gasteiger partial charge in [-0.1, -0.05) is 0 Å². The normalized spacial score (nSPS) is 19.4. The van der Waals surface area contributed by atoms with E-state index in [1.165, 1.54) is 0 Å². The molecule has 1 fully saturated rings. The summed E-state index contributed by atoms with van der Waals surface area (Å²) < 4.78 is 62.9. The van der Waals surface area contributed by atoms with Crippen LogP contribution in [-0.4, -0.2) is 21.9 Å². The first-order chi connectivity index (χ1) is 8.17. The van der Waals surface area contributed by atoms with E-state index in [-0.39, 0.29) is 5.28 Å². The van der Waals surface area contributed by atoms with Gasteiger partial charge in [0.1, 0.15) is 11.4 Å². The molecule has 0 radical (unpaired) electrons. The largest absolute Gasteiger partial charge is 0.421 e. The Morgan fingerprint density at radius 1 is 1.33 bits per heavy atom. The maximum absolute atomic E-state index is 12.6. The smallest absolute Gasteiger partial charge is 0.366 e. The fourth-order valence-electron chi connectivity index (χ4n) is 1.63. The average Bonchev–Trinajstić information content (AvgIpc) is 2.12. The van der Waals surface area contributed by atoms with E-state index < -0.39 is 42.4 Å². The van der Waals surface area contributed by atoms with Crippen LogP contribution in [-0.2, 0) is 6.18 Å². The molecule has 3 nitrogen and oxygen atoms in total. The fourth-order valence-corrected chi connectivity index (χ4v) is 1.77. The third-order valence-corrected chi connectivity index (χ3v) is 2.68. The Balaban J connectivity index is 2.19. The van der Waals surface area contributed by atoms with Crippen LogP contribution in [0.2, 0.25) is 5.28 Å². The Bertz CT molecular complexity index is 454. The molecule has 1 aromatic heterocycles. The van der Waals surface area contributed by atoms with Crippen LogP contribution in [0.25, 0.3) is 0 Å². The van der Waals surface area contributed by atoms with Gasteiger partial charge in [0.05, 0.1) is 0 Å². The van der Waals surface area contributed by atoms with Gasteiger partial charge >= 0.3 is 6.18 Å². The Morgan fingerprint density at radius 3 is 2.44 bits per heavy atom. The van der Waals surface area contributed by atoms with E-state index in [1.807, 2.05) is 0 Å². The van der Waals surface area contributed by atoms with Crippen molar-refractivity contribution in [2.75, 3.05) is 5.32 Å². The molecule has 0 spiro atoms. The van der Waals surface area contributed by atoms with Crippen molar-refractivity contribution in [1.29, 1.82) is 0 Å². The summed E-state index contributed by atoms with van der Waals surface area (Å²) >= 11 is 5.39. The molecule has 1 aliphatic rings. The highest BCUT2D eigenvalue weighted by Crippen LogP contribution is 2.41. The molecule has 1 N–H and O–H groups in total. The summed E-state index contributed by atoms with van der Waals surface area (Å²) in [5, 5.41) is 1.94. The van der Waals surface area contributed by atoms with E-state index in [2.05, 4.69) is 15.3 Å². The van der Waals surface area contributed by atoms with Crippen molar-refractivity contribution in [2.45, 2.75) is 31.0 Å². The molecule has 0 unspecified atom stereocenters. The molecule has 0 saturated heterocycles. The van der Waals surface area contributed by atoms with Gasteiger partial charge in [0.15, 0.2) is 0 Å². The molecule has 1 aliphatic carbocycles. The zero-order valence-corrected chi connectivity index (χ0v) is 9.49. The molecule has 0 aliphatic heterocycles. The third-order valence-electron chi connectivity index (χ3n) is 2.50. The van der Waals surface area contributed by atoms with Crippen LogP contribution in [0.5, 0.6) is 0 Å². The number of aromatic nitrogens is 2. The number of halogens is 6. The summed E-state index contributed by atoms with van der Waals surface area (Å²) in [5.41, 5.74) is -1.12. The number of rotatable bonds is 2. The van der Waals surface area contributed by atoms with Crippen molar-refractivity contribution in [3.05, 3.63) is 17.0 Å². The summed E-state index contributed by atoms with van der Waals surface area (Å²) in [4.78, 5) is 6.62. The second-order valence-corrected chi connectivity index (χ2v) is 4.34. The number of alkyl halides is 5. The van der Waals surface area contributed by atoms with Crippen LogP contribution in [0.1, 0.15) is 18.4 Å². The van der Waals surface area contributed by atoms with Crippen LogP contribution in [0, 0.1) is 0 Å². The molecule has 9 heteroatoms. The van der Waals surface area contributed by atoms with Crippen LogP contribution >= 0.6 is 11.6 Å². The minimum Gasteiger partial charge on any atom is -0.366 e. The van der Waals surface area contributed by atoms with Gasteiger partial charge in [0.25, 0.3) is 5.92 Å². The Labute approximate surface area is 103 Å². The quantitative estimate of drug-likeness (QED) is 0.669. The van der Waals surface area contributed by atoms with Crippen molar-refractivity contribution in [3.63, 3.8) is 0 Å². The van der Waals surface area contributed by atoms with Crippen molar-refractivity contribution in [1.82, 2.24) is 9.97 Å². The lowest BCUT2D eigenvalue weighted by Crippen LogP contribution is -2.44. The van der Waals surface area contributed by atoms with E-state index in [0.717, 1.165) is 0 Å². The molecule has 1 heterocycles. The number of hydrogen-bond acceptors (Lipinski definition) is 3. The molecular formula is C9H7ClF5N3. The van der Waals surface area contributed by atoms with E-state index in [0.29, 0.717) is 6.20 Å². The summed E-state index contributed by atoms with van der Waals surface area (Å²) in [7, 11) is 0. The first-order valence-corrected chi connectivity index (χ1v) is 5.29. The molecule has 18 heavy (non-hydrogen) atoms. The van der Waals surface area contributed by atoms with Crippen molar-refractivity contribution in [2.24, 2.45) is 0 Å². The summed E-state index contributed by atoms with van der Waals surface area (Å²) in [6, 6.07) is -0.743. The van der Waals surface area contributed by atoms with E-state index in [4.69, 9.17) is 11.6 Å². The van der Waals surface area contributed by atoms with Gasteiger partial charge in [-0.15, -0.1) is 0 Å². The molecular weight excluding hydrogens is 281 g/mol. The lowest BCUT2D eigenvalue weighted by atomic mass is 9.88. The minimum atomic E-state index is -4.67. The number of anilines is 1. The maximum atomic E-state index is 12.6. The highest BCUT2D eigenvalue weighted by atomic mass is 35.5. The minimum absolute atomic E-state index is 0.378. The van der Waals surface area contributed by atoms with Crippen molar-refractivity contribution < 1.29 is 22.0 Å². The number of nitrogens with one attached hydrogen (secondary N) is 1. The Hall–Kier alpha value is -1.18. The standard InChI is InChI=1S/C9H7ClF5N3/c10-7-16-3-5(9(13,14)15)6(18-7)17-4-1-8(11,12)2-4/h3-4H,1-2H2,(H,16,17,18). The molecule has 0 aromatic carbocycles. The van der Waals surface area contributed by atoms with Crippen molar-refractivity contribution >= 4 is 17.4 Å². The van der Waals surface area contributed by atoms with E-state index in [1.54, 1.807) is 0 Å². The van der Waals surface area contributed by atoms with Gasteiger partial charge in [0, 0.05) is 25.1 Å². The van der Waals surface area contributed by atoms with E-state index >= 15 is 0 Å². The summed E-state index contributed by atoms with van der Waals surface area (Å²) in [6.07, 6.45) is -5.19. The molecule has 2 rings (SSSR count). The van der Waals surface area contributed by atoms with Gasteiger partial charge < -0.3 is 5.32 Å². The molecule has 0 atom stereocenters. The first kappa shape index (κ1) is 13.3. The molecule has 0 bridgehead atoms. The second-order valence-electron chi connectivity index (χ2n) is 4.00.